The van der Waals surface area contributed by atoms with E-state index >= 15 is 0 Å². The van der Waals surface area contributed by atoms with E-state index in [0.29, 0.717) is 0 Å². The first-order valence-electron chi connectivity index (χ1n) is 4.42. The summed E-state index contributed by atoms with van der Waals surface area (Å²) >= 11 is 0. The Morgan fingerprint density at radius 2 is 2.27 bits per heavy atom. The van der Waals surface area contributed by atoms with Crippen molar-refractivity contribution in [3.05, 3.63) is 35.3 Å². The van der Waals surface area contributed by atoms with Crippen LogP contribution in [0.3, 0.4) is 0 Å². The summed E-state index contributed by atoms with van der Waals surface area (Å²) in [7, 11) is 1.18. The first-order chi connectivity index (χ1) is 5.36. The minimum atomic E-state index is 1.14. The normalized spacial score (nSPS) is 16.9. The molecule has 0 amide bonds. The molecule has 0 saturated heterocycles. The lowest BCUT2D eigenvalue weighted by atomic mass is 9.71. The van der Waals surface area contributed by atoms with Crippen molar-refractivity contribution < 1.29 is 0 Å². The summed E-state index contributed by atoms with van der Waals surface area (Å²) in [4.78, 5) is 0. The maximum atomic E-state index is 2.26. The molecule has 0 nitrogen and oxygen atoms in total. The molecule has 0 aromatic rings. The van der Waals surface area contributed by atoms with Crippen LogP contribution in [0.4, 0.5) is 0 Å². The highest BCUT2D eigenvalue weighted by atomic mass is 14.0. The molecule has 0 spiro atoms. The Hall–Kier alpha value is -0.715. The number of allylic oxidation sites excluding steroid dienone is 6. The molecule has 0 aromatic heterocycles. The Morgan fingerprint density at radius 3 is 2.91 bits per heavy atom. The molecule has 0 saturated carbocycles. The molecule has 11 heavy (non-hydrogen) atoms. The lowest BCUT2D eigenvalue weighted by molar-refractivity contribution is 1.15. The van der Waals surface area contributed by atoms with Gasteiger partial charge in [0.25, 0.3) is 0 Å². The van der Waals surface area contributed by atoms with E-state index in [0.717, 1.165) is 12.8 Å². The SMILES string of the molecule is CBC1=CC=C(CC)C=CC1. The maximum absolute atomic E-state index is 2.26. The molecule has 0 heterocycles. The Morgan fingerprint density at radius 1 is 1.45 bits per heavy atom. The summed E-state index contributed by atoms with van der Waals surface area (Å²) in [5.74, 6) is 0. The summed E-state index contributed by atoms with van der Waals surface area (Å²) in [6.45, 7) is 4.41. The number of hydrogen-bond acceptors (Lipinski definition) is 0. The Labute approximate surface area is 69.9 Å². The highest BCUT2D eigenvalue weighted by Crippen LogP contribution is 2.12. The largest absolute Gasteiger partial charge is 0.149 e. The molecule has 0 fully saturated rings. The van der Waals surface area contributed by atoms with E-state index in [4.69, 9.17) is 0 Å². The molecule has 0 aliphatic heterocycles. The van der Waals surface area contributed by atoms with Crippen LogP contribution in [0.25, 0.3) is 0 Å². The smallest absolute Gasteiger partial charge is 0.102 e. The third-order valence-corrected chi connectivity index (χ3v) is 2.11. The van der Waals surface area contributed by atoms with Crippen LogP contribution in [0.5, 0.6) is 0 Å². The van der Waals surface area contributed by atoms with Crippen molar-refractivity contribution >= 4 is 7.28 Å². The van der Waals surface area contributed by atoms with Crippen LogP contribution in [-0.2, 0) is 0 Å². The van der Waals surface area contributed by atoms with Crippen molar-refractivity contribution in [2.45, 2.75) is 26.6 Å². The molecule has 0 unspecified atom stereocenters. The molecular formula is C10H15B. The van der Waals surface area contributed by atoms with Crippen LogP contribution in [0.1, 0.15) is 19.8 Å². The quantitative estimate of drug-likeness (QED) is 0.525. The van der Waals surface area contributed by atoms with E-state index in [-0.39, 0.29) is 0 Å². The summed E-state index contributed by atoms with van der Waals surface area (Å²) in [6.07, 6.45) is 11.3. The minimum absolute atomic E-state index is 1.14. The summed E-state index contributed by atoms with van der Waals surface area (Å²) in [5, 5.41) is 0. The predicted molar refractivity (Wildman–Crippen MR) is 53.2 cm³/mol. The van der Waals surface area contributed by atoms with Gasteiger partial charge < -0.3 is 0 Å². The van der Waals surface area contributed by atoms with Gasteiger partial charge in [0.1, 0.15) is 7.28 Å². The number of hydrogen-bond donors (Lipinski definition) is 0. The van der Waals surface area contributed by atoms with Crippen LogP contribution in [-0.4, -0.2) is 7.28 Å². The fourth-order valence-corrected chi connectivity index (χ4v) is 1.21. The Kier molecular flexibility index (Phi) is 3.22. The van der Waals surface area contributed by atoms with Crippen molar-refractivity contribution in [1.82, 2.24) is 0 Å². The third-order valence-electron chi connectivity index (χ3n) is 2.11. The highest BCUT2D eigenvalue weighted by molar-refractivity contribution is 6.43. The molecular weight excluding hydrogens is 131 g/mol. The van der Waals surface area contributed by atoms with Gasteiger partial charge >= 0.3 is 0 Å². The van der Waals surface area contributed by atoms with Gasteiger partial charge in [0.2, 0.25) is 0 Å². The standard InChI is InChI=1S/C10H15B/c1-3-9-5-4-6-10(11-2)8-7-9/h4-5,7-8,11H,3,6H2,1-2H3. The second-order valence-electron chi connectivity index (χ2n) is 2.88. The molecule has 0 aromatic carbocycles. The minimum Gasteiger partial charge on any atom is -0.102 e. The molecule has 1 heteroatoms. The van der Waals surface area contributed by atoms with Gasteiger partial charge in [-0.1, -0.05) is 38.1 Å². The van der Waals surface area contributed by atoms with E-state index in [2.05, 4.69) is 38.1 Å². The average molecular weight is 146 g/mol. The van der Waals surface area contributed by atoms with Crippen molar-refractivity contribution in [1.29, 1.82) is 0 Å². The van der Waals surface area contributed by atoms with E-state index in [1.54, 1.807) is 0 Å². The van der Waals surface area contributed by atoms with E-state index in [1.807, 2.05) is 0 Å². The Balaban J connectivity index is 2.72. The second-order valence-corrected chi connectivity index (χ2v) is 2.88. The fourth-order valence-electron chi connectivity index (χ4n) is 1.21. The van der Waals surface area contributed by atoms with Gasteiger partial charge in [-0.15, -0.1) is 5.47 Å². The topological polar surface area (TPSA) is 0 Å². The fraction of sp³-hybridized carbons (Fsp3) is 0.400. The highest BCUT2D eigenvalue weighted by Gasteiger charge is 1.95. The number of rotatable bonds is 2. The van der Waals surface area contributed by atoms with Gasteiger partial charge in [0, 0.05) is 0 Å². The molecule has 0 atom stereocenters. The first-order valence-corrected chi connectivity index (χ1v) is 4.42. The van der Waals surface area contributed by atoms with Gasteiger partial charge in [-0.2, -0.15) is 0 Å². The second kappa shape index (κ2) is 4.22. The van der Waals surface area contributed by atoms with Crippen LogP contribution in [0, 0.1) is 0 Å². The first kappa shape index (κ1) is 8.38. The zero-order valence-corrected chi connectivity index (χ0v) is 7.43. The lowest BCUT2D eigenvalue weighted by Crippen LogP contribution is -1.86. The van der Waals surface area contributed by atoms with Gasteiger partial charge in [-0.3, -0.25) is 0 Å². The van der Waals surface area contributed by atoms with Crippen LogP contribution < -0.4 is 0 Å². The molecule has 0 bridgehead atoms. The monoisotopic (exact) mass is 146 g/mol. The van der Waals surface area contributed by atoms with Crippen molar-refractivity contribution in [2.75, 3.05) is 0 Å². The molecule has 1 aliphatic carbocycles. The van der Waals surface area contributed by atoms with Crippen LogP contribution in [0.15, 0.2) is 35.3 Å². The molecule has 0 radical (unpaired) electrons. The van der Waals surface area contributed by atoms with Gasteiger partial charge in [0.05, 0.1) is 0 Å². The van der Waals surface area contributed by atoms with Crippen molar-refractivity contribution in [2.24, 2.45) is 0 Å². The van der Waals surface area contributed by atoms with E-state index in [1.165, 1.54) is 18.3 Å². The molecule has 1 rings (SSSR count). The lowest BCUT2D eigenvalue weighted by Gasteiger charge is -1.92. The van der Waals surface area contributed by atoms with Crippen LogP contribution >= 0.6 is 0 Å². The predicted octanol–water partition coefficient (Wildman–Crippen LogP) is 2.65. The Bertz CT molecular complexity index is 209. The summed E-state index contributed by atoms with van der Waals surface area (Å²) in [6, 6.07) is 0. The summed E-state index contributed by atoms with van der Waals surface area (Å²) in [5.41, 5.74) is 2.97. The van der Waals surface area contributed by atoms with E-state index < -0.39 is 0 Å². The maximum Gasteiger partial charge on any atom is 0.149 e. The van der Waals surface area contributed by atoms with Crippen molar-refractivity contribution in [3.8, 4) is 0 Å². The zero-order chi connectivity index (χ0) is 8.10. The van der Waals surface area contributed by atoms with Crippen molar-refractivity contribution in [3.63, 3.8) is 0 Å². The molecule has 0 N–H and O–H groups in total. The van der Waals surface area contributed by atoms with Gasteiger partial charge in [0.15, 0.2) is 0 Å². The third kappa shape index (κ3) is 2.41. The zero-order valence-electron chi connectivity index (χ0n) is 7.43. The summed E-state index contributed by atoms with van der Waals surface area (Å²) < 4.78 is 0. The van der Waals surface area contributed by atoms with E-state index in [9.17, 15) is 0 Å². The average Bonchev–Trinajstić information content (AvgIpc) is 2.28. The van der Waals surface area contributed by atoms with Gasteiger partial charge in [-0.25, -0.2) is 0 Å². The molecule has 58 valence electrons. The van der Waals surface area contributed by atoms with Crippen LogP contribution in [0.2, 0.25) is 6.82 Å². The molecule has 1 aliphatic rings. The van der Waals surface area contributed by atoms with Gasteiger partial charge in [-0.05, 0) is 18.4 Å².